The van der Waals surface area contributed by atoms with Crippen LogP contribution >= 0.6 is 27.7 Å². The van der Waals surface area contributed by atoms with E-state index in [0.29, 0.717) is 39.9 Å². The van der Waals surface area contributed by atoms with E-state index in [9.17, 15) is 4.79 Å². The van der Waals surface area contributed by atoms with Crippen LogP contribution in [0.1, 0.15) is 43.4 Å². The molecule has 0 spiro atoms. The predicted molar refractivity (Wildman–Crippen MR) is 152 cm³/mol. The van der Waals surface area contributed by atoms with Gasteiger partial charge in [-0.05, 0) is 101 Å². The number of halogens is 1. The molecular weight excluding hydrogens is 556 g/mol. The Bertz CT molecular complexity index is 1320. The van der Waals surface area contributed by atoms with Crippen molar-refractivity contribution in [3.63, 3.8) is 0 Å². The van der Waals surface area contributed by atoms with Crippen molar-refractivity contribution in [1.82, 2.24) is 5.01 Å². The molecule has 1 amide bonds. The number of amidine groups is 2. The summed E-state index contributed by atoms with van der Waals surface area (Å²) < 4.78 is 18.1. The first-order valence-corrected chi connectivity index (χ1v) is 13.7. The van der Waals surface area contributed by atoms with Crippen LogP contribution < -0.4 is 14.2 Å². The Morgan fingerprint density at radius 3 is 2.65 bits per heavy atom. The number of carbonyl (C=O) groups is 1. The van der Waals surface area contributed by atoms with Gasteiger partial charge in [0.2, 0.25) is 5.17 Å². The molecule has 0 unspecified atom stereocenters. The molecule has 0 saturated carbocycles. The van der Waals surface area contributed by atoms with Crippen LogP contribution in [0.25, 0.3) is 6.08 Å². The number of hydrogen-bond acceptors (Lipinski definition) is 7. The first kappa shape index (κ1) is 26.9. The molecule has 0 bridgehead atoms. The van der Waals surface area contributed by atoms with Crippen LogP contribution in [-0.2, 0) is 11.2 Å². The van der Waals surface area contributed by atoms with Crippen molar-refractivity contribution in [2.24, 2.45) is 10.1 Å². The summed E-state index contributed by atoms with van der Waals surface area (Å²) in [6.07, 6.45) is 4.27. The van der Waals surface area contributed by atoms with Gasteiger partial charge in [-0.3, -0.25) is 10.2 Å². The SMILES string of the molecule is CCCC1=NN2C(=N)/C(=C/c3cc(Br)c(OCCOc4cc(C)cc(CC)c4)c(OC)c3)C(=O)N=C2S1. The maximum Gasteiger partial charge on any atom is 0.283 e. The number of nitrogens with zero attached hydrogens (tertiary/aromatic N) is 3. The molecule has 4 rings (SSSR count). The Kier molecular flexibility index (Phi) is 8.71. The predicted octanol–water partition coefficient (Wildman–Crippen LogP) is 6.21. The lowest BCUT2D eigenvalue weighted by Gasteiger charge is -2.20. The summed E-state index contributed by atoms with van der Waals surface area (Å²) >= 11 is 4.89. The van der Waals surface area contributed by atoms with Gasteiger partial charge in [-0.15, -0.1) is 0 Å². The van der Waals surface area contributed by atoms with E-state index in [0.717, 1.165) is 35.6 Å². The summed E-state index contributed by atoms with van der Waals surface area (Å²) in [5, 5.41) is 15.7. The molecule has 0 aliphatic carbocycles. The van der Waals surface area contributed by atoms with Gasteiger partial charge in [0.15, 0.2) is 17.3 Å². The lowest BCUT2D eigenvalue weighted by atomic mass is 10.1. The smallest absolute Gasteiger partial charge is 0.283 e. The Labute approximate surface area is 229 Å². The summed E-state index contributed by atoms with van der Waals surface area (Å²) in [6.45, 7) is 6.91. The molecule has 2 aliphatic heterocycles. The molecule has 2 aliphatic rings. The Morgan fingerprint density at radius 1 is 1.14 bits per heavy atom. The molecule has 2 heterocycles. The number of aryl methyl sites for hydroxylation is 2. The number of rotatable bonds is 10. The average Bonchev–Trinajstić information content (AvgIpc) is 3.27. The molecule has 0 atom stereocenters. The lowest BCUT2D eigenvalue weighted by molar-refractivity contribution is -0.114. The van der Waals surface area contributed by atoms with Gasteiger partial charge < -0.3 is 14.2 Å². The van der Waals surface area contributed by atoms with Gasteiger partial charge in [-0.25, -0.2) is 0 Å². The minimum absolute atomic E-state index is 0.00328. The zero-order valence-corrected chi connectivity index (χ0v) is 23.7. The van der Waals surface area contributed by atoms with Crippen molar-refractivity contribution < 1.29 is 19.0 Å². The second kappa shape index (κ2) is 12.0. The van der Waals surface area contributed by atoms with E-state index in [1.54, 1.807) is 19.3 Å². The number of methoxy groups -OCH3 is 1. The molecule has 2 aromatic carbocycles. The number of amides is 1. The van der Waals surface area contributed by atoms with Crippen LogP contribution in [0.2, 0.25) is 0 Å². The molecule has 37 heavy (non-hydrogen) atoms. The van der Waals surface area contributed by atoms with Gasteiger partial charge in [0.1, 0.15) is 24.0 Å². The molecule has 194 valence electrons. The summed E-state index contributed by atoms with van der Waals surface area (Å²) in [4.78, 5) is 16.8. The van der Waals surface area contributed by atoms with Crippen molar-refractivity contribution in [1.29, 1.82) is 5.41 Å². The molecule has 0 radical (unpaired) electrons. The van der Waals surface area contributed by atoms with Gasteiger partial charge in [-0.2, -0.15) is 15.1 Å². The Hall–Kier alpha value is -3.11. The van der Waals surface area contributed by atoms with Crippen LogP contribution in [-0.4, -0.2) is 47.3 Å². The second-order valence-electron chi connectivity index (χ2n) is 8.50. The van der Waals surface area contributed by atoms with E-state index in [1.807, 2.05) is 18.2 Å². The normalized spacial score (nSPS) is 16.0. The second-order valence-corrected chi connectivity index (χ2v) is 10.4. The summed E-state index contributed by atoms with van der Waals surface area (Å²) in [7, 11) is 1.55. The van der Waals surface area contributed by atoms with Crippen molar-refractivity contribution in [2.45, 2.75) is 40.0 Å². The van der Waals surface area contributed by atoms with E-state index in [-0.39, 0.29) is 11.4 Å². The fourth-order valence-corrected chi connectivity index (χ4v) is 5.45. The number of aliphatic imine (C=N–C) groups is 1. The van der Waals surface area contributed by atoms with Gasteiger partial charge in [-0.1, -0.05) is 19.9 Å². The van der Waals surface area contributed by atoms with Crippen LogP contribution in [0.15, 0.2) is 50.5 Å². The first-order valence-electron chi connectivity index (χ1n) is 12.1. The molecular formula is C27H29BrN4O4S. The van der Waals surface area contributed by atoms with Crippen molar-refractivity contribution in [3.05, 3.63) is 57.1 Å². The number of benzene rings is 2. The van der Waals surface area contributed by atoms with E-state index in [2.05, 4.69) is 52.9 Å². The van der Waals surface area contributed by atoms with Gasteiger partial charge in [0.05, 0.1) is 17.2 Å². The number of carbonyl (C=O) groups excluding carboxylic acids is 1. The number of hydrogen-bond donors (Lipinski definition) is 1. The first-order chi connectivity index (χ1) is 17.8. The molecule has 8 nitrogen and oxygen atoms in total. The van der Waals surface area contributed by atoms with Crippen molar-refractivity contribution in [2.75, 3.05) is 20.3 Å². The van der Waals surface area contributed by atoms with Crippen LogP contribution in [0, 0.1) is 12.3 Å². The summed E-state index contributed by atoms with van der Waals surface area (Å²) in [5.41, 5.74) is 3.21. The van der Waals surface area contributed by atoms with Gasteiger partial charge in [0, 0.05) is 0 Å². The van der Waals surface area contributed by atoms with Crippen molar-refractivity contribution >= 4 is 55.7 Å². The summed E-state index contributed by atoms with van der Waals surface area (Å²) in [6, 6.07) is 9.76. The minimum Gasteiger partial charge on any atom is -0.493 e. The largest absolute Gasteiger partial charge is 0.493 e. The van der Waals surface area contributed by atoms with E-state index in [4.69, 9.17) is 19.6 Å². The summed E-state index contributed by atoms with van der Waals surface area (Å²) in [5.74, 6) is 1.38. The fraction of sp³-hybridized carbons (Fsp3) is 0.333. The third kappa shape index (κ3) is 6.24. The molecule has 0 aromatic heterocycles. The highest BCUT2D eigenvalue weighted by Gasteiger charge is 2.35. The highest BCUT2D eigenvalue weighted by molar-refractivity contribution is 9.10. The van der Waals surface area contributed by atoms with Crippen LogP contribution in [0.3, 0.4) is 0 Å². The maximum atomic E-state index is 12.7. The highest BCUT2D eigenvalue weighted by atomic mass is 79.9. The van der Waals surface area contributed by atoms with Gasteiger partial charge in [0.25, 0.3) is 5.91 Å². The van der Waals surface area contributed by atoms with Crippen LogP contribution in [0.5, 0.6) is 17.2 Å². The fourth-order valence-electron chi connectivity index (χ4n) is 3.89. The maximum absolute atomic E-state index is 12.7. The Balaban J connectivity index is 1.47. The molecule has 0 saturated heterocycles. The monoisotopic (exact) mass is 584 g/mol. The minimum atomic E-state index is -0.466. The van der Waals surface area contributed by atoms with Gasteiger partial charge >= 0.3 is 0 Å². The third-order valence-electron chi connectivity index (χ3n) is 5.64. The molecule has 10 heteroatoms. The van der Waals surface area contributed by atoms with E-state index in [1.165, 1.54) is 22.3 Å². The molecule has 2 aromatic rings. The number of nitrogens with one attached hydrogen (secondary N) is 1. The van der Waals surface area contributed by atoms with E-state index >= 15 is 0 Å². The quantitative estimate of drug-likeness (QED) is 0.263. The average molecular weight is 586 g/mol. The molecule has 1 N–H and O–H groups in total. The number of fused-ring (bicyclic) bond motifs is 1. The van der Waals surface area contributed by atoms with Crippen molar-refractivity contribution in [3.8, 4) is 17.2 Å². The third-order valence-corrected chi connectivity index (χ3v) is 7.20. The number of hydrazone groups is 1. The lowest BCUT2D eigenvalue weighted by Crippen LogP contribution is -2.35. The number of ether oxygens (including phenoxy) is 3. The van der Waals surface area contributed by atoms with Crippen LogP contribution in [0.4, 0.5) is 0 Å². The topological polar surface area (TPSA) is 96.6 Å². The molecule has 0 fully saturated rings. The Morgan fingerprint density at radius 2 is 1.92 bits per heavy atom. The highest BCUT2D eigenvalue weighted by Crippen LogP contribution is 2.38. The zero-order chi connectivity index (χ0) is 26.5. The van der Waals surface area contributed by atoms with E-state index < -0.39 is 5.91 Å². The number of thioether (sulfide) groups is 1. The zero-order valence-electron chi connectivity index (χ0n) is 21.3. The standard InChI is InChI=1S/C27H29BrN4O4S/c1-5-7-23-31-32-25(29)20(26(33)30-27(32)37-23)13-18-14-21(28)24(22(15-18)34-4)36-9-8-35-19-11-16(3)10-17(6-2)12-19/h10-15,29H,5-9H2,1-4H3/b20-13-,29-25?.